The van der Waals surface area contributed by atoms with E-state index in [2.05, 4.69) is 21.4 Å². The number of benzene rings is 1. The third-order valence-electron chi connectivity index (χ3n) is 5.06. The van der Waals surface area contributed by atoms with Gasteiger partial charge in [-0.3, -0.25) is 14.5 Å². The fourth-order valence-electron chi connectivity index (χ4n) is 3.45. The Morgan fingerprint density at radius 3 is 2.55 bits per heavy atom. The number of aromatic nitrogens is 4. The normalized spacial score (nSPS) is 13.9. The molecule has 0 aliphatic heterocycles. The van der Waals surface area contributed by atoms with Crippen molar-refractivity contribution in [1.29, 1.82) is 0 Å². The van der Waals surface area contributed by atoms with Crippen LogP contribution in [0.3, 0.4) is 0 Å². The number of hydrogen-bond donors (Lipinski definition) is 0. The van der Waals surface area contributed by atoms with Crippen LogP contribution in [0.4, 0.5) is 0 Å². The second-order valence-corrected chi connectivity index (χ2v) is 8.54. The highest BCUT2D eigenvalue weighted by Gasteiger charge is 2.30. The smallest absolute Gasteiger partial charge is 0.199 e. The minimum absolute atomic E-state index is 0.548. The van der Waals surface area contributed by atoms with Gasteiger partial charge < -0.3 is 0 Å². The van der Waals surface area contributed by atoms with Crippen molar-refractivity contribution in [2.75, 3.05) is 0 Å². The van der Waals surface area contributed by atoms with Gasteiger partial charge in [-0.15, -0.1) is 0 Å². The van der Waals surface area contributed by atoms with Gasteiger partial charge in [0.05, 0.1) is 16.7 Å². The van der Waals surface area contributed by atoms with Crippen LogP contribution in [0.2, 0.25) is 10.0 Å². The lowest BCUT2D eigenvalue weighted by Gasteiger charge is -2.22. The molecule has 3 aromatic rings. The van der Waals surface area contributed by atoms with Crippen LogP contribution in [-0.4, -0.2) is 30.3 Å². The van der Waals surface area contributed by atoms with Gasteiger partial charge in [0.2, 0.25) is 0 Å². The summed E-state index contributed by atoms with van der Waals surface area (Å²) < 4.78 is 4.81. The van der Waals surface area contributed by atoms with Crippen molar-refractivity contribution in [3.05, 3.63) is 63.1 Å². The van der Waals surface area contributed by atoms with Crippen molar-refractivity contribution in [1.82, 2.24) is 24.2 Å². The fourth-order valence-corrected chi connectivity index (χ4v) is 4.05. The maximum absolute atomic E-state index is 6.21. The summed E-state index contributed by atoms with van der Waals surface area (Å²) in [7, 11) is 0. The quantitative estimate of drug-likeness (QED) is 0.408. The van der Waals surface area contributed by atoms with E-state index in [1.165, 1.54) is 12.8 Å². The topological polar surface area (TPSA) is 38.9 Å². The van der Waals surface area contributed by atoms with Crippen LogP contribution in [0.15, 0.2) is 42.7 Å². The maximum Gasteiger partial charge on any atom is 0.199 e. The Kier molecular flexibility index (Phi) is 6.35. The van der Waals surface area contributed by atoms with E-state index < -0.39 is 0 Å². The first kappa shape index (κ1) is 20.5. The predicted octanol–water partition coefficient (Wildman–Crippen LogP) is 5.81. The maximum atomic E-state index is 6.21. The highest BCUT2D eigenvalue weighted by molar-refractivity contribution is 7.71. The Bertz CT molecular complexity index is 1040. The molecule has 8 heteroatoms. The Balaban J connectivity index is 1.63. The molecule has 2 heterocycles. The lowest BCUT2D eigenvalue weighted by Crippen LogP contribution is -2.29. The summed E-state index contributed by atoms with van der Waals surface area (Å²) >= 11 is 18.1. The summed E-state index contributed by atoms with van der Waals surface area (Å²) in [6.45, 7) is 4.43. The van der Waals surface area contributed by atoms with Crippen LogP contribution in [0.5, 0.6) is 0 Å². The van der Waals surface area contributed by atoms with E-state index >= 15 is 0 Å². The van der Waals surface area contributed by atoms with Gasteiger partial charge in [0.1, 0.15) is 0 Å². The molecule has 0 radical (unpaired) electrons. The number of nitrogens with zero attached hydrogens (tertiary/aromatic N) is 5. The third kappa shape index (κ3) is 4.72. The van der Waals surface area contributed by atoms with Gasteiger partial charge in [-0.25, -0.2) is 4.68 Å². The predicted molar refractivity (Wildman–Crippen MR) is 120 cm³/mol. The highest BCUT2D eigenvalue weighted by atomic mass is 35.5. The monoisotopic (exact) mass is 447 g/mol. The summed E-state index contributed by atoms with van der Waals surface area (Å²) in [4.78, 5) is 6.53. The zero-order chi connectivity index (χ0) is 20.4. The van der Waals surface area contributed by atoms with Gasteiger partial charge in [0.15, 0.2) is 10.6 Å². The molecule has 2 aromatic heterocycles. The molecule has 0 saturated heterocycles. The summed E-state index contributed by atoms with van der Waals surface area (Å²) in [5.41, 5.74) is 2.17. The number of pyridine rings is 1. The molecule has 1 aliphatic carbocycles. The molecular formula is C21H23Cl2N5S. The van der Waals surface area contributed by atoms with Gasteiger partial charge in [-0.1, -0.05) is 36.2 Å². The first-order valence-corrected chi connectivity index (χ1v) is 11.0. The Morgan fingerprint density at radius 1 is 1.14 bits per heavy atom. The number of rotatable bonds is 8. The molecule has 29 heavy (non-hydrogen) atoms. The number of halogens is 2. The lowest BCUT2D eigenvalue weighted by atomic mass is 10.2. The van der Waals surface area contributed by atoms with Crippen molar-refractivity contribution in [3.8, 4) is 11.4 Å². The van der Waals surface area contributed by atoms with Crippen LogP contribution in [0.1, 0.15) is 31.7 Å². The van der Waals surface area contributed by atoms with Crippen molar-refractivity contribution in [2.45, 2.75) is 52.0 Å². The molecule has 1 aromatic carbocycles. The van der Waals surface area contributed by atoms with Gasteiger partial charge in [-0.05, 0) is 61.3 Å². The van der Waals surface area contributed by atoms with E-state index in [0.717, 1.165) is 41.2 Å². The van der Waals surface area contributed by atoms with E-state index in [0.29, 0.717) is 22.8 Å². The fraction of sp³-hybridized carbons (Fsp3) is 0.381. The van der Waals surface area contributed by atoms with E-state index in [9.17, 15) is 0 Å². The second-order valence-electron chi connectivity index (χ2n) is 7.36. The van der Waals surface area contributed by atoms with Gasteiger partial charge in [0, 0.05) is 37.1 Å². The summed E-state index contributed by atoms with van der Waals surface area (Å²) in [6.07, 6.45) is 6.96. The van der Waals surface area contributed by atoms with Gasteiger partial charge in [0.25, 0.3) is 0 Å². The highest BCUT2D eigenvalue weighted by Crippen LogP contribution is 2.31. The van der Waals surface area contributed by atoms with Crippen LogP contribution in [0.25, 0.3) is 11.4 Å². The standard InChI is InChI=1S/C21H23Cl2N5S/c1-2-11-27-20(16-7-9-24-10-8-16)25-28(21(27)29)14-26(17-4-5-17)13-15-3-6-18(22)19(23)12-15/h3,6-10,12,17H,2,4-5,11,13-14H2,1H3. The molecule has 152 valence electrons. The van der Waals surface area contributed by atoms with Crippen LogP contribution in [0, 0.1) is 4.77 Å². The molecule has 0 atom stereocenters. The van der Waals surface area contributed by atoms with E-state index in [-0.39, 0.29) is 0 Å². The molecule has 1 saturated carbocycles. The summed E-state index contributed by atoms with van der Waals surface area (Å²) in [5, 5.41) is 6.05. The zero-order valence-corrected chi connectivity index (χ0v) is 18.6. The SMILES string of the molecule is CCCn1c(-c2ccncc2)nn(CN(Cc2ccc(Cl)c(Cl)c2)C2CC2)c1=S. The number of hydrogen-bond acceptors (Lipinski definition) is 4. The molecule has 0 spiro atoms. The molecule has 0 N–H and O–H groups in total. The molecule has 1 aliphatic rings. The van der Waals surface area contributed by atoms with Crippen molar-refractivity contribution < 1.29 is 0 Å². The molecule has 4 rings (SSSR count). The van der Waals surface area contributed by atoms with Crippen molar-refractivity contribution in [3.63, 3.8) is 0 Å². The Hall–Kier alpha value is -1.73. The molecule has 0 unspecified atom stereocenters. The Morgan fingerprint density at radius 2 is 1.90 bits per heavy atom. The van der Waals surface area contributed by atoms with E-state index in [4.69, 9.17) is 40.5 Å². The average Bonchev–Trinajstić information content (AvgIpc) is 3.53. The molecule has 5 nitrogen and oxygen atoms in total. The summed E-state index contributed by atoms with van der Waals surface area (Å²) in [5.74, 6) is 0.893. The van der Waals surface area contributed by atoms with E-state index in [1.807, 2.05) is 35.0 Å². The molecule has 1 fully saturated rings. The summed E-state index contributed by atoms with van der Waals surface area (Å²) in [6, 6.07) is 10.3. The third-order valence-corrected chi connectivity index (χ3v) is 6.23. The zero-order valence-electron chi connectivity index (χ0n) is 16.3. The van der Waals surface area contributed by atoms with Gasteiger partial charge in [-0.2, -0.15) is 5.10 Å². The first-order valence-electron chi connectivity index (χ1n) is 9.83. The van der Waals surface area contributed by atoms with Crippen molar-refractivity contribution >= 4 is 35.4 Å². The minimum atomic E-state index is 0.548. The molecule has 0 amide bonds. The minimum Gasteiger partial charge on any atom is -0.300 e. The lowest BCUT2D eigenvalue weighted by molar-refractivity contribution is 0.186. The molecule has 0 bridgehead atoms. The first-order chi connectivity index (χ1) is 14.1. The van der Waals surface area contributed by atoms with Crippen molar-refractivity contribution in [2.24, 2.45) is 0 Å². The van der Waals surface area contributed by atoms with Crippen LogP contribution >= 0.6 is 35.4 Å². The van der Waals surface area contributed by atoms with Gasteiger partial charge >= 0.3 is 0 Å². The van der Waals surface area contributed by atoms with Crippen LogP contribution in [-0.2, 0) is 19.8 Å². The van der Waals surface area contributed by atoms with Crippen LogP contribution < -0.4 is 0 Å². The Labute approximate surface area is 185 Å². The average molecular weight is 448 g/mol. The molecular weight excluding hydrogens is 425 g/mol. The van der Waals surface area contributed by atoms with E-state index in [1.54, 1.807) is 12.4 Å². The largest absolute Gasteiger partial charge is 0.300 e. The second kappa shape index (κ2) is 8.96.